The standard InChI is InChI=1S/C9H18N2/c1-2-5-10-6-9-11-7-3-4-8-11/h2,10H,1,3-9H2. The van der Waals surface area contributed by atoms with Crippen molar-refractivity contribution in [1.29, 1.82) is 0 Å². The van der Waals surface area contributed by atoms with Crippen LogP contribution in [0.4, 0.5) is 0 Å². The predicted molar refractivity (Wildman–Crippen MR) is 48.7 cm³/mol. The lowest BCUT2D eigenvalue weighted by Crippen LogP contribution is -2.29. The first-order valence-electron chi connectivity index (χ1n) is 4.47. The normalized spacial score (nSPS) is 18.9. The maximum absolute atomic E-state index is 3.65. The zero-order chi connectivity index (χ0) is 7.94. The molecule has 1 N–H and O–H groups in total. The summed E-state index contributed by atoms with van der Waals surface area (Å²) in [4.78, 5) is 2.51. The van der Waals surface area contributed by atoms with Gasteiger partial charge in [-0.3, -0.25) is 0 Å². The van der Waals surface area contributed by atoms with Gasteiger partial charge in [0.2, 0.25) is 0 Å². The molecule has 1 aliphatic rings. The van der Waals surface area contributed by atoms with E-state index >= 15 is 0 Å². The van der Waals surface area contributed by atoms with E-state index in [0.717, 1.165) is 13.1 Å². The van der Waals surface area contributed by atoms with Crippen LogP contribution in [0.2, 0.25) is 0 Å². The SMILES string of the molecule is C=CCNCCN1CCCC1. The Labute approximate surface area is 69.3 Å². The molecule has 2 heteroatoms. The highest BCUT2D eigenvalue weighted by atomic mass is 15.1. The van der Waals surface area contributed by atoms with Gasteiger partial charge in [-0.1, -0.05) is 6.08 Å². The fourth-order valence-corrected chi connectivity index (χ4v) is 1.45. The Hall–Kier alpha value is -0.340. The Kier molecular flexibility index (Phi) is 4.24. The van der Waals surface area contributed by atoms with Gasteiger partial charge in [-0.15, -0.1) is 6.58 Å². The maximum Gasteiger partial charge on any atom is 0.0132 e. The van der Waals surface area contributed by atoms with Crippen molar-refractivity contribution < 1.29 is 0 Å². The molecule has 1 saturated heterocycles. The van der Waals surface area contributed by atoms with Crippen LogP contribution >= 0.6 is 0 Å². The van der Waals surface area contributed by atoms with Crippen molar-refractivity contribution in [2.75, 3.05) is 32.7 Å². The van der Waals surface area contributed by atoms with Crippen molar-refractivity contribution >= 4 is 0 Å². The Bertz CT molecular complexity index is 106. The summed E-state index contributed by atoms with van der Waals surface area (Å²) < 4.78 is 0. The van der Waals surface area contributed by atoms with Gasteiger partial charge in [0.15, 0.2) is 0 Å². The monoisotopic (exact) mass is 154 g/mol. The molecule has 0 amide bonds. The third-order valence-corrected chi connectivity index (χ3v) is 2.09. The number of hydrogen-bond acceptors (Lipinski definition) is 2. The van der Waals surface area contributed by atoms with E-state index in [1.54, 1.807) is 0 Å². The average molecular weight is 154 g/mol. The van der Waals surface area contributed by atoms with Crippen LogP contribution < -0.4 is 5.32 Å². The van der Waals surface area contributed by atoms with Crippen molar-refractivity contribution in [1.82, 2.24) is 10.2 Å². The minimum atomic E-state index is 0.938. The van der Waals surface area contributed by atoms with Crippen molar-refractivity contribution in [3.05, 3.63) is 12.7 Å². The molecule has 1 rings (SSSR count). The van der Waals surface area contributed by atoms with Gasteiger partial charge in [-0.05, 0) is 25.9 Å². The molecule has 0 unspecified atom stereocenters. The molecule has 0 bridgehead atoms. The Morgan fingerprint density at radius 3 is 2.73 bits per heavy atom. The van der Waals surface area contributed by atoms with Crippen LogP contribution in [0.25, 0.3) is 0 Å². The molecule has 0 aromatic heterocycles. The van der Waals surface area contributed by atoms with E-state index in [9.17, 15) is 0 Å². The van der Waals surface area contributed by atoms with Gasteiger partial charge in [-0.2, -0.15) is 0 Å². The van der Waals surface area contributed by atoms with Crippen LogP contribution in [-0.4, -0.2) is 37.6 Å². The second kappa shape index (κ2) is 5.33. The van der Waals surface area contributed by atoms with Crippen LogP contribution in [0.1, 0.15) is 12.8 Å². The lowest BCUT2D eigenvalue weighted by Gasteiger charge is -2.13. The molecular weight excluding hydrogens is 136 g/mol. The van der Waals surface area contributed by atoms with Crippen molar-refractivity contribution in [2.24, 2.45) is 0 Å². The summed E-state index contributed by atoms with van der Waals surface area (Å²) in [5.74, 6) is 0. The smallest absolute Gasteiger partial charge is 0.0132 e. The van der Waals surface area contributed by atoms with Crippen LogP contribution in [0.3, 0.4) is 0 Å². The number of likely N-dealkylation sites (tertiary alicyclic amines) is 1. The van der Waals surface area contributed by atoms with E-state index in [4.69, 9.17) is 0 Å². The minimum absolute atomic E-state index is 0.938. The predicted octanol–water partition coefficient (Wildman–Crippen LogP) is 0.858. The number of nitrogens with one attached hydrogen (secondary N) is 1. The molecule has 0 spiro atoms. The summed E-state index contributed by atoms with van der Waals surface area (Å²) in [5, 5.41) is 3.30. The first kappa shape index (κ1) is 8.75. The molecular formula is C9H18N2. The summed E-state index contributed by atoms with van der Waals surface area (Å²) in [6.07, 6.45) is 4.69. The van der Waals surface area contributed by atoms with E-state index in [2.05, 4.69) is 16.8 Å². The molecule has 0 aromatic carbocycles. The fourth-order valence-electron chi connectivity index (χ4n) is 1.45. The highest BCUT2D eigenvalue weighted by Crippen LogP contribution is 2.05. The summed E-state index contributed by atoms with van der Waals surface area (Å²) in [6.45, 7) is 9.50. The highest BCUT2D eigenvalue weighted by molar-refractivity contribution is 4.71. The van der Waals surface area contributed by atoms with Gasteiger partial charge in [0.1, 0.15) is 0 Å². The third kappa shape index (κ3) is 3.54. The second-order valence-electron chi connectivity index (χ2n) is 3.04. The van der Waals surface area contributed by atoms with Crippen LogP contribution in [0.5, 0.6) is 0 Å². The average Bonchev–Trinajstić information content (AvgIpc) is 2.50. The minimum Gasteiger partial charge on any atom is -0.312 e. The van der Waals surface area contributed by atoms with Crippen molar-refractivity contribution in [2.45, 2.75) is 12.8 Å². The summed E-state index contributed by atoms with van der Waals surface area (Å²) in [5.41, 5.74) is 0. The topological polar surface area (TPSA) is 15.3 Å². The Morgan fingerprint density at radius 1 is 1.36 bits per heavy atom. The van der Waals surface area contributed by atoms with Gasteiger partial charge in [0.05, 0.1) is 0 Å². The second-order valence-corrected chi connectivity index (χ2v) is 3.04. The third-order valence-electron chi connectivity index (χ3n) is 2.09. The van der Waals surface area contributed by atoms with Crippen LogP contribution in [-0.2, 0) is 0 Å². The molecule has 0 atom stereocenters. The summed E-state index contributed by atoms with van der Waals surface area (Å²) >= 11 is 0. The van der Waals surface area contributed by atoms with Crippen LogP contribution in [0.15, 0.2) is 12.7 Å². The highest BCUT2D eigenvalue weighted by Gasteiger charge is 2.09. The molecule has 0 radical (unpaired) electrons. The molecule has 1 fully saturated rings. The van der Waals surface area contributed by atoms with Crippen LogP contribution in [0, 0.1) is 0 Å². The van der Waals surface area contributed by atoms with E-state index in [0.29, 0.717) is 0 Å². The first-order chi connectivity index (χ1) is 5.43. The number of rotatable bonds is 5. The molecule has 2 nitrogen and oxygen atoms in total. The lowest BCUT2D eigenvalue weighted by atomic mass is 10.4. The van der Waals surface area contributed by atoms with Gasteiger partial charge in [0, 0.05) is 19.6 Å². The zero-order valence-corrected chi connectivity index (χ0v) is 7.18. The molecule has 0 aromatic rings. The summed E-state index contributed by atoms with van der Waals surface area (Å²) in [6, 6.07) is 0. The van der Waals surface area contributed by atoms with Gasteiger partial charge >= 0.3 is 0 Å². The first-order valence-corrected chi connectivity index (χ1v) is 4.47. The maximum atomic E-state index is 3.65. The van der Waals surface area contributed by atoms with E-state index in [-0.39, 0.29) is 0 Å². The molecule has 0 saturated carbocycles. The van der Waals surface area contributed by atoms with Crippen molar-refractivity contribution in [3.63, 3.8) is 0 Å². The molecule has 11 heavy (non-hydrogen) atoms. The quantitative estimate of drug-likeness (QED) is 0.466. The lowest BCUT2D eigenvalue weighted by molar-refractivity contribution is 0.338. The zero-order valence-electron chi connectivity index (χ0n) is 7.18. The largest absolute Gasteiger partial charge is 0.312 e. The summed E-state index contributed by atoms with van der Waals surface area (Å²) in [7, 11) is 0. The van der Waals surface area contributed by atoms with Crippen molar-refractivity contribution in [3.8, 4) is 0 Å². The van der Waals surface area contributed by atoms with E-state index in [1.807, 2.05) is 6.08 Å². The van der Waals surface area contributed by atoms with Gasteiger partial charge in [-0.25, -0.2) is 0 Å². The molecule has 0 aliphatic carbocycles. The van der Waals surface area contributed by atoms with Gasteiger partial charge in [0.25, 0.3) is 0 Å². The molecule has 64 valence electrons. The van der Waals surface area contributed by atoms with E-state index < -0.39 is 0 Å². The number of hydrogen-bond donors (Lipinski definition) is 1. The Balaban J connectivity index is 1.89. The fraction of sp³-hybridized carbons (Fsp3) is 0.778. The Morgan fingerprint density at radius 2 is 2.09 bits per heavy atom. The molecule has 1 aliphatic heterocycles. The number of nitrogens with zero attached hydrogens (tertiary/aromatic N) is 1. The van der Waals surface area contributed by atoms with E-state index in [1.165, 1.54) is 32.5 Å². The van der Waals surface area contributed by atoms with Gasteiger partial charge < -0.3 is 10.2 Å². The molecule has 1 heterocycles.